The van der Waals surface area contributed by atoms with E-state index in [2.05, 4.69) is 13.7 Å². The number of carbonyl (C=O) groups is 1. The topological polar surface area (TPSA) is 67.9 Å². The minimum atomic E-state index is -0.400. The molecule has 86 valence electrons. The van der Waals surface area contributed by atoms with Crippen molar-refractivity contribution in [2.24, 2.45) is 0 Å². The van der Waals surface area contributed by atoms with Crippen LogP contribution in [0.4, 0.5) is 0 Å². The smallest absolute Gasteiger partial charge is 0.357 e. The van der Waals surface area contributed by atoms with Crippen molar-refractivity contribution in [1.82, 2.24) is 13.7 Å². The first-order valence-electron chi connectivity index (χ1n) is 5.20. The van der Waals surface area contributed by atoms with Gasteiger partial charge in [0.2, 0.25) is 0 Å². The molecule has 2 heterocycles. The first kappa shape index (κ1) is 10.2. The molecule has 0 bridgehead atoms. The molecule has 0 aliphatic heterocycles. The molecular weight excluding hydrogens is 238 g/mol. The fourth-order valence-electron chi connectivity index (χ4n) is 1.81. The highest BCUT2D eigenvalue weighted by atomic mass is 32.1. The van der Waals surface area contributed by atoms with Crippen molar-refractivity contribution < 1.29 is 9.53 Å². The molecule has 0 saturated heterocycles. The first-order valence-corrected chi connectivity index (χ1v) is 5.97. The van der Waals surface area contributed by atoms with E-state index in [9.17, 15) is 4.79 Å². The van der Waals surface area contributed by atoms with E-state index in [0.29, 0.717) is 12.3 Å². The highest BCUT2D eigenvalue weighted by molar-refractivity contribution is 7.00. The Balaban J connectivity index is 2.31. The van der Waals surface area contributed by atoms with E-state index >= 15 is 0 Å². The van der Waals surface area contributed by atoms with Crippen LogP contribution in [0.1, 0.15) is 17.4 Å². The van der Waals surface area contributed by atoms with Gasteiger partial charge in [0, 0.05) is 28.7 Å². The Kier molecular flexibility index (Phi) is 2.29. The molecule has 0 unspecified atom stereocenters. The molecule has 2 aromatic heterocycles. The number of carbonyl (C=O) groups excluding carboxylic acids is 1. The zero-order valence-corrected chi connectivity index (χ0v) is 9.87. The summed E-state index contributed by atoms with van der Waals surface area (Å²) in [6.45, 7) is 2.11. The minimum absolute atomic E-state index is 0.340. The third-order valence-corrected chi connectivity index (χ3v) is 3.13. The largest absolute Gasteiger partial charge is 0.461 e. The van der Waals surface area contributed by atoms with Crippen LogP contribution in [0.15, 0.2) is 18.3 Å². The van der Waals surface area contributed by atoms with Gasteiger partial charge in [0.05, 0.1) is 12.1 Å². The van der Waals surface area contributed by atoms with Crippen LogP contribution in [-0.2, 0) is 4.74 Å². The molecule has 5 nitrogen and oxygen atoms in total. The lowest BCUT2D eigenvalue weighted by molar-refractivity contribution is 0.0522. The van der Waals surface area contributed by atoms with Crippen LogP contribution in [0.3, 0.4) is 0 Å². The van der Waals surface area contributed by atoms with Crippen LogP contribution in [0.25, 0.3) is 21.8 Å². The third-order valence-electron chi connectivity index (χ3n) is 2.54. The predicted molar refractivity (Wildman–Crippen MR) is 65.2 cm³/mol. The van der Waals surface area contributed by atoms with Crippen LogP contribution in [0.5, 0.6) is 0 Å². The Morgan fingerprint density at radius 1 is 1.53 bits per heavy atom. The highest BCUT2D eigenvalue weighted by Crippen LogP contribution is 2.27. The van der Waals surface area contributed by atoms with Gasteiger partial charge in [-0.25, -0.2) is 9.78 Å². The summed E-state index contributed by atoms with van der Waals surface area (Å²) < 4.78 is 12.3. The lowest BCUT2D eigenvalue weighted by atomic mass is 10.1. The van der Waals surface area contributed by atoms with Gasteiger partial charge in [0.25, 0.3) is 0 Å². The number of nitrogens with zero attached hydrogens (tertiary/aromatic N) is 2. The van der Waals surface area contributed by atoms with Gasteiger partial charge in [0.1, 0.15) is 5.52 Å². The van der Waals surface area contributed by atoms with Crippen molar-refractivity contribution in [2.45, 2.75) is 6.92 Å². The number of aromatic nitrogens is 3. The van der Waals surface area contributed by atoms with Gasteiger partial charge in [0.15, 0.2) is 5.69 Å². The molecule has 0 aliphatic carbocycles. The summed E-state index contributed by atoms with van der Waals surface area (Å²) in [5.74, 6) is -0.400. The molecule has 0 atom stereocenters. The number of esters is 1. The molecule has 3 aromatic rings. The van der Waals surface area contributed by atoms with E-state index in [0.717, 1.165) is 21.8 Å². The highest BCUT2D eigenvalue weighted by Gasteiger charge is 2.17. The van der Waals surface area contributed by atoms with E-state index in [1.807, 2.05) is 12.1 Å². The van der Waals surface area contributed by atoms with Gasteiger partial charge in [-0.2, -0.15) is 4.37 Å². The normalized spacial score (nSPS) is 11.1. The van der Waals surface area contributed by atoms with Crippen molar-refractivity contribution in [1.29, 1.82) is 0 Å². The molecule has 0 amide bonds. The van der Waals surface area contributed by atoms with Crippen molar-refractivity contribution in [2.75, 3.05) is 6.61 Å². The quantitative estimate of drug-likeness (QED) is 0.706. The molecular formula is C11H9N3O2S. The summed E-state index contributed by atoms with van der Waals surface area (Å²) in [7, 11) is 0. The molecule has 0 saturated carbocycles. The van der Waals surface area contributed by atoms with Gasteiger partial charge in [-0.05, 0) is 13.0 Å². The van der Waals surface area contributed by atoms with Crippen LogP contribution in [-0.4, -0.2) is 26.3 Å². The number of ether oxygens (including phenoxy) is 1. The standard InChI is InChI=1S/C11H9N3O2S/c1-2-16-11(15)10-8-6(5-12-10)3-4-7-9(8)14-17-13-7/h3-5,13H,2H2,1H3. The van der Waals surface area contributed by atoms with Gasteiger partial charge < -0.3 is 4.74 Å². The maximum Gasteiger partial charge on any atom is 0.357 e. The second-order valence-corrected chi connectivity index (χ2v) is 4.11. The maximum atomic E-state index is 11.8. The summed E-state index contributed by atoms with van der Waals surface area (Å²) in [5.41, 5.74) is 2.01. The average Bonchev–Trinajstić information content (AvgIpc) is 2.94. The molecule has 1 N–H and O–H groups in total. The van der Waals surface area contributed by atoms with E-state index in [1.165, 1.54) is 11.7 Å². The number of rotatable bonds is 2. The molecule has 0 radical (unpaired) electrons. The summed E-state index contributed by atoms with van der Waals surface area (Å²) in [6.07, 6.45) is 1.67. The van der Waals surface area contributed by atoms with E-state index in [4.69, 9.17) is 4.74 Å². The zero-order chi connectivity index (χ0) is 11.8. The van der Waals surface area contributed by atoms with Gasteiger partial charge in [-0.1, -0.05) is 6.07 Å². The minimum Gasteiger partial charge on any atom is -0.461 e. The summed E-state index contributed by atoms with van der Waals surface area (Å²) in [4.78, 5) is 15.9. The Labute approximate surface area is 101 Å². The van der Waals surface area contributed by atoms with Crippen LogP contribution in [0, 0.1) is 0 Å². The first-order chi connectivity index (χ1) is 8.31. The number of fused-ring (bicyclic) bond motifs is 3. The van der Waals surface area contributed by atoms with E-state index in [-0.39, 0.29) is 0 Å². The van der Waals surface area contributed by atoms with Crippen LogP contribution >= 0.6 is 11.7 Å². The van der Waals surface area contributed by atoms with E-state index < -0.39 is 5.97 Å². The average molecular weight is 247 g/mol. The van der Waals surface area contributed by atoms with Gasteiger partial charge in [-0.15, -0.1) is 0 Å². The van der Waals surface area contributed by atoms with Crippen LogP contribution < -0.4 is 0 Å². The van der Waals surface area contributed by atoms with Crippen molar-refractivity contribution in [3.05, 3.63) is 24.0 Å². The summed E-state index contributed by atoms with van der Waals surface area (Å²) >= 11 is 1.25. The maximum absolute atomic E-state index is 11.8. The second-order valence-electron chi connectivity index (χ2n) is 3.54. The summed E-state index contributed by atoms with van der Waals surface area (Å²) in [6, 6.07) is 3.84. The number of hydrogen-bond donors (Lipinski definition) is 1. The van der Waals surface area contributed by atoms with Gasteiger partial charge >= 0.3 is 5.97 Å². The van der Waals surface area contributed by atoms with E-state index in [1.54, 1.807) is 13.1 Å². The van der Waals surface area contributed by atoms with Gasteiger partial charge in [-0.3, -0.25) is 4.37 Å². The van der Waals surface area contributed by atoms with Crippen molar-refractivity contribution >= 4 is 39.5 Å². The Hall–Kier alpha value is -1.95. The number of nitrogens with one attached hydrogen (secondary N) is 1. The Morgan fingerprint density at radius 3 is 3.24 bits per heavy atom. The second kappa shape index (κ2) is 3.81. The predicted octanol–water partition coefficient (Wildman–Crippen LogP) is 2.35. The Bertz CT molecular complexity index is 701. The molecule has 3 rings (SSSR count). The molecule has 0 spiro atoms. The van der Waals surface area contributed by atoms with Crippen molar-refractivity contribution in [3.8, 4) is 0 Å². The molecule has 0 aliphatic rings. The fraction of sp³-hybridized carbons (Fsp3) is 0.182. The monoisotopic (exact) mass is 247 g/mol. The van der Waals surface area contributed by atoms with Crippen molar-refractivity contribution in [3.63, 3.8) is 0 Å². The number of benzene rings is 1. The SMILES string of the molecule is CCOC(=O)c1ncc2ccc3[nH]snc3c12. The third kappa shape index (κ3) is 1.49. The van der Waals surface area contributed by atoms with Crippen LogP contribution in [0.2, 0.25) is 0 Å². The number of aromatic amines is 1. The molecule has 6 heteroatoms. The number of H-pyrrole nitrogens is 1. The summed E-state index contributed by atoms with van der Waals surface area (Å²) in [5, 5.41) is 1.67. The fourth-order valence-corrected chi connectivity index (χ4v) is 2.40. The zero-order valence-electron chi connectivity index (χ0n) is 9.06. The molecule has 0 fully saturated rings. The Morgan fingerprint density at radius 2 is 2.41 bits per heavy atom. The lowest BCUT2D eigenvalue weighted by Gasteiger charge is -1.99. The number of hydrogen-bond acceptors (Lipinski definition) is 5. The molecule has 1 aromatic carbocycles. The molecule has 17 heavy (non-hydrogen) atoms. The lowest BCUT2D eigenvalue weighted by Crippen LogP contribution is -2.05.